The number of hydrogen-bond donors (Lipinski definition) is 3. The number of rotatable bonds is 8. The minimum Gasteiger partial charge on any atom is -0.481 e. The Morgan fingerprint density at radius 2 is 2.00 bits per heavy atom. The van der Waals surface area contributed by atoms with Crippen LogP contribution in [-0.4, -0.2) is 29.1 Å². The number of carboxylic acid groups (broad SMARTS) is 1. The molecule has 94 valence electrons. The van der Waals surface area contributed by atoms with Crippen molar-refractivity contribution >= 4 is 11.9 Å². The molecule has 0 aliphatic rings. The number of carboxylic acids is 1. The lowest BCUT2D eigenvalue weighted by atomic mass is 9.96. The third-order valence-electron chi connectivity index (χ3n) is 2.39. The first-order valence-corrected chi connectivity index (χ1v) is 5.69. The number of hydrogen-bond acceptors (Lipinski definition) is 3. The highest BCUT2D eigenvalue weighted by Gasteiger charge is 2.26. The molecule has 5 heteroatoms. The van der Waals surface area contributed by atoms with Crippen molar-refractivity contribution in [3.05, 3.63) is 0 Å². The molecule has 0 saturated heterocycles. The summed E-state index contributed by atoms with van der Waals surface area (Å²) in [5.74, 6) is -0.967. The molecule has 0 fully saturated rings. The van der Waals surface area contributed by atoms with Gasteiger partial charge in [-0.25, -0.2) is 0 Å². The highest BCUT2D eigenvalue weighted by atomic mass is 16.4. The Hall–Kier alpha value is -1.10. The maximum absolute atomic E-state index is 11.6. The van der Waals surface area contributed by atoms with E-state index in [1.165, 1.54) is 0 Å². The first-order chi connectivity index (χ1) is 7.40. The Bertz CT molecular complexity index is 239. The van der Waals surface area contributed by atoms with E-state index in [4.69, 9.17) is 10.8 Å². The number of nitrogens with two attached hydrogens (primary N) is 1. The van der Waals surface area contributed by atoms with Gasteiger partial charge in [-0.2, -0.15) is 0 Å². The first kappa shape index (κ1) is 14.9. The molecule has 0 heterocycles. The largest absolute Gasteiger partial charge is 0.481 e. The van der Waals surface area contributed by atoms with Crippen molar-refractivity contribution in [1.29, 1.82) is 0 Å². The Balaban J connectivity index is 3.69. The summed E-state index contributed by atoms with van der Waals surface area (Å²) in [5.41, 5.74) is 5.01. The van der Waals surface area contributed by atoms with E-state index in [2.05, 4.69) is 5.32 Å². The van der Waals surface area contributed by atoms with E-state index >= 15 is 0 Å². The predicted molar refractivity (Wildman–Crippen MR) is 62.0 cm³/mol. The van der Waals surface area contributed by atoms with Gasteiger partial charge in [0.25, 0.3) is 0 Å². The van der Waals surface area contributed by atoms with E-state index in [0.717, 1.165) is 6.42 Å². The van der Waals surface area contributed by atoms with Crippen LogP contribution in [0.15, 0.2) is 0 Å². The zero-order chi connectivity index (χ0) is 12.6. The molecule has 0 rings (SSSR count). The van der Waals surface area contributed by atoms with Crippen LogP contribution in [0.25, 0.3) is 0 Å². The van der Waals surface area contributed by atoms with Gasteiger partial charge in [0.2, 0.25) is 5.91 Å². The van der Waals surface area contributed by atoms with Crippen LogP contribution in [0.3, 0.4) is 0 Å². The van der Waals surface area contributed by atoms with Crippen LogP contribution in [0.5, 0.6) is 0 Å². The van der Waals surface area contributed by atoms with Crippen LogP contribution in [0.1, 0.15) is 46.0 Å². The smallest absolute Gasteiger partial charge is 0.303 e. The molecule has 16 heavy (non-hydrogen) atoms. The van der Waals surface area contributed by atoms with E-state index in [1.807, 2.05) is 6.92 Å². The maximum Gasteiger partial charge on any atom is 0.303 e. The van der Waals surface area contributed by atoms with Crippen LogP contribution in [0.4, 0.5) is 0 Å². The molecule has 0 aromatic heterocycles. The minimum absolute atomic E-state index is 0.144. The summed E-state index contributed by atoms with van der Waals surface area (Å²) in [6.45, 7) is 4.18. The predicted octanol–water partition coefficient (Wildman–Crippen LogP) is 0.875. The van der Waals surface area contributed by atoms with E-state index < -0.39 is 11.5 Å². The molecule has 0 saturated carbocycles. The minimum atomic E-state index is -0.818. The van der Waals surface area contributed by atoms with E-state index in [0.29, 0.717) is 25.8 Å². The molecule has 0 aromatic carbocycles. The lowest BCUT2D eigenvalue weighted by Crippen LogP contribution is -2.51. The second-order valence-corrected chi connectivity index (χ2v) is 4.27. The molecule has 1 unspecified atom stereocenters. The van der Waals surface area contributed by atoms with Crippen LogP contribution >= 0.6 is 0 Å². The van der Waals surface area contributed by atoms with Crippen molar-refractivity contribution < 1.29 is 14.7 Å². The molecular weight excluding hydrogens is 208 g/mol. The highest BCUT2D eigenvalue weighted by molar-refractivity contribution is 5.85. The standard InChI is InChI=1S/C11H22N2O3/c1-3-7-11(2,12)10(16)13-8-5-4-6-9(14)15/h3-8,12H2,1-2H3,(H,13,16)(H,14,15). The molecule has 0 bridgehead atoms. The summed E-state index contributed by atoms with van der Waals surface area (Å²) < 4.78 is 0. The summed E-state index contributed by atoms with van der Waals surface area (Å²) in [5, 5.41) is 11.1. The van der Waals surface area contributed by atoms with Crippen LogP contribution in [0, 0.1) is 0 Å². The number of nitrogens with one attached hydrogen (secondary N) is 1. The van der Waals surface area contributed by atoms with Crippen molar-refractivity contribution in [2.24, 2.45) is 5.73 Å². The lowest BCUT2D eigenvalue weighted by molar-refractivity contribution is -0.137. The molecule has 5 nitrogen and oxygen atoms in total. The number of amides is 1. The van der Waals surface area contributed by atoms with Gasteiger partial charge in [0.1, 0.15) is 0 Å². The second kappa shape index (κ2) is 7.22. The average molecular weight is 230 g/mol. The van der Waals surface area contributed by atoms with Gasteiger partial charge in [0.15, 0.2) is 0 Å². The maximum atomic E-state index is 11.6. The van der Waals surface area contributed by atoms with E-state index in [-0.39, 0.29) is 12.3 Å². The molecule has 1 amide bonds. The van der Waals surface area contributed by atoms with Gasteiger partial charge in [-0.15, -0.1) is 0 Å². The first-order valence-electron chi connectivity index (χ1n) is 5.69. The Morgan fingerprint density at radius 3 is 2.50 bits per heavy atom. The molecule has 0 aromatic rings. The monoisotopic (exact) mass is 230 g/mol. The lowest BCUT2D eigenvalue weighted by Gasteiger charge is -2.22. The van der Waals surface area contributed by atoms with Crippen molar-refractivity contribution in [2.75, 3.05) is 6.54 Å². The van der Waals surface area contributed by atoms with E-state index in [9.17, 15) is 9.59 Å². The molecule has 0 spiro atoms. The van der Waals surface area contributed by atoms with Crippen LogP contribution < -0.4 is 11.1 Å². The van der Waals surface area contributed by atoms with Crippen molar-refractivity contribution in [1.82, 2.24) is 5.32 Å². The fourth-order valence-electron chi connectivity index (χ4n) is 1.44. The van der Waals surface area contributed by atoms with Crippen molar-refractivity contribution in [2.45, 2.75) is 51.5 Å². The number of carbonyl (C=O) groups is 2. The van der Waals surface area contributed by atoms with E-state index in [1.54, 1.807) is 6.92 Å². The molecule has 0 aliphatic carbocycles. The van der Waals surface area contributed by atoms with Crippen molar-refractivity contribution in [3.8, 4) is 0 Å². The van der Waals surface area contributed by atoms with Gasteiger partial charge in [-0.3, -0.25) is 9.59 Å². The van der Waals surface area contributed by atoms with Gasteiger partial charge in [0.05, 0.1) is 5.54 Å². The Morgan fingerprint density at radius 1 is 1.38 bits per heavy atom. The third kappa shape index (κ3) is 6.40. The Labute approximate surface area is 96.4 Å². The summed E-state index contributed by atoms with van der Waals surface area (Å²) in [4.78, 5) is 21.8. The fourth-order valence-corrected chi connectivity index (χ4v) is 1.44. The quantitative estimate of drug-likeness (QED) is 0.539. The SMILES string of the molecule is CCCC(C)(N)C(=O)NCCCCC(=O)O. The number of unbranched alkanes of at least 4 members (excludes halogenated alkanes) is 1. The average Bonchev–Trinajstić information content (AvgIpc) is 2.16. The molecule has 0 radical (unpaired) electrons. The number of carbonyl (C=O) groups excluding carboxylic acids is 1. The molecular formula is C11H22N2O3. The summed E-state index contributed by atoms with van der Waals surface area (Å²) in [6, 6.07) is 0. The fraction of sp³-hybridized carbons (Fsp3) is 0.818. The van der Waals surface area contributed by atoms with Gasteiger partial charge in [0, 0.05) is 13.0 Å². The summed E-state index contributed by atoms with van der Waals surface area (Å²) >= 11 is 0. The second-order valence-electron chi connectivity index (χ2n) is 4.27. The van der Waals surface area contributed by atoms with Crippen molar-refractivity contribution in [3.63, 3.8) is 0 Å². The summed E-state index contributed by atoms with van der Waals surface area (Å²) in [6.07, 6.45) is 2.89. The normalized spacial score (nSPS) is 14.2. The highest BCUT2D eigenvalue weighted by Crippen LogP contribution is 2.08. The van der Waals surface area contributed by atoms with Gasteiger partial charge < -0.3 is 16.2 Å². The third-order valence-corrected chi connectivity index (χ3v) is 2.39. The zero-order valence-electron chi connectivity index (χ0n) is 10.1. The van der Waals surface area contributed by atoms with Crippen LogP contribution in [0.2, 0.25) is 0 Å². The van der Waals surface area contributed by atoms with Crippen LogP contribution in [-0.2, 0) is 9.59 Å². The topological polar surface area (TPSA) is 92.4 Å². The van der Waals surface area contributed by atoms with Gasteiger partial charge in [-0.05, 0) is 26.2 Å². The molecule has 1 atom stereocenters. The van der Waals surface area contributed by atoms with Gasteiger partial charge in [-0.1, -0.05) is 13.3 Å². The molecule has 0 aliphatic heterocycles. The Kier molecular flexibility index (Phi) is 6.72. The number of aliphatic carboxylic acids is 1. The summed E-state index contributed by atoms with van der Waals surface area (Å²) in [7, 11) is 0. The van der Waals surface area contributed by atoms with Gasteiger partial charge >= 0.3 is 5.97 Å². The molecule has 4 N–H and O–H groups in total. The zero-order valence-corrected chi connectivity index (χ0v) is 10.1.